The maximum atomic E-state index is 12.7. The molecular weight excluding hydrogens is 305 g/mol. The van der Waals surface area contributed by atoms with E-state index in [2.05, 4.69) is 13.8 Å². The Morgan fingerprint density at radius 3 is 2.65 bits per heavy atom. The predicted molar refractivity (Wildman–Crippen MR) is 84.3 cm³/mol. The van der Waals surface area contributed by atoms with Crippen LogP contribution >= 0.6 is 0 Å². The zero-order chi connectivity index (χ0) is 17.2. The van der Waals surface area contributed by atoms with Gasteiger partial charge in [0.15, 0.2) is 0 Å². The summed E-state index contributed by atoms with van der Waals surface area (Å²) in [5.74, 6) is -1.29. The first-order chi connectivity index (χ1) is 10.7. The van der Waals surface area contributed by atoms with Crippen LogP contribution in [0, 0.1) is 5.92 Å². The molecule has 1 aliphatic heterocycles. The molecule has 128 valence electrons. The molecule has 2 rings (SSSR count). The van der Waals surface area contributed by atoms with Crippen LogP contribution in [0.1, 0.15) is 37.8 Å². The molecular formula is C17H23F3N2O. The second kappa shape index (κ2) is 6.91. The van der Waals surface area contributed by atoms with Gasteiger partial charge < -0.3 is 10.6 Å². The van der Waals surface area contributed by atoms with Crippen LogP contribution in [-0.2, 0) is 17.6 Å². The molecule has 0 radical (unpaired) electrons. The van der Waals surface area contributed by atoms with E-state index in [0.29, 0.717) is 30.9 Å². The van der Waals surface area contributed by atoms with Gasteiger partial charge in [-0.1, -0.05) is 26.0 Å². The van der Waals surface area contributed by atoms with Crippen molar-refractivity contribution in [3.05, 3.63) is 29.3 Å². The number of benzene rings is 1. The zero-order valence-electron chi connectivity index (χ0n) is 13.5. The first-order valence-corrected chi connectivity index (χ1v) is 7.94. The lowest BCUT2D eigenvalue weighted by atomic mass is 9.94. The van der Waals surface area contributed by atoms with Crippen molar-refractivity contribution in [2.24, 2.45) is 11.7 Å². The van der Waals surface area contributed by atoms with Gasteiger partial charge in [0.2, 0.25) is 0 Å². The predicted octanol–water partition coefficient (Wildman–Crippen LogP) is 3.44. The normalized spacial score (nSPS) is 16.4. The summed E-state index contributed by atoms with van der Waals surface area (Å²) in [6, 6.07) is 5.33. The zero-order valence-corrected chi connectivity index (χ0v) is 13.5. The molecule has 1 atom stereocenters. The molecule has 1 amide bonds. The van der Waals surface area contributed by atoms with Crippen LogP contribution in [0.25, 0.3) is 0 Å². The van der Waals surface area contributed by atoms with Gasteiger partial charge in [0.05, 0.1) is 0 Å². The van der Waals surface area contributed by atoms with Crippen LogP contribution in [0.2, 0.25) is 0 Å². The lowest BCUT2D eigenvalue weighted by Crippen LogP contribution is -2.43. The molecule has 0 saturated carbocycles. The van der Waals surface area contributed by atoms with Gasteiger partial charge in [-0.15, -0.1) is 0 Å². The van der Waals surface area contributed by atoms with Gasteiger partial charge in [0.25, 0.3) is 0 Å². The number of alkyl halides is 3. The Morgan fingerprint density at radius 1 is 1.35 bits per heavy atom. The summed E-state index contributed by atoms with van der Waals surface area (Å²) in [6.45, 7) is 4.32. The monoisotopic (exact) mass is 328 g/mol. The van der Waals surface area contributed by atoms with Crippen LogP contribution in [0.5, 0.6) is 0 Å². The molecule has 3 nitrogen and oxygen atoms in total. The minimum atomic E-state index is -4.84. The topological polar surface area (TPSA) is 46.3 Å². The lowest BCUT2D eigenvalue weighted by molar-refractivity contribution is -0.170. The molecule has 6 heteroatoms. The number of hydrogen-bond donors (Lipinski definition) is 1. The number of hydrogen-bond acceptors (Lipinski definition) is 2. The molecule has 1 aromatic rings. The third-order valence-corrected chi connectivity index (χ3v) is 4.02. The van der Waals surface area contributed by atoms with E-state index in [-0.39, 0.29) is 12.6 Å². The van der Waals surface area contributed by atoms with Crippen molar-refractivity contribution in [1.82, 2.24) is 0 Å². The van der Waals surface area contributed by atoms with E-state index in [1.54, 1.807) is 12.1 Å². The molecule has 0 fully saturated rings. The number of fused-ring (bicyclic) bond motifs is 1. The second-order valence-corrected chi connectivity index (χ2v) is 6.61. The van der Waals surface area contributed by atoms with Crippen LogP contribution < -0.4 is 10.6 Å². The lowest BCUT2D eigenvalue weighted by Gasteiger charge is -2.30. The van der Waals surface area contributed by atoms with E-state index in [9.17, 15) is 18.0 Å². The summed E-state index contributed by atoms with van der Waals surface area (Å²) in [5, 5.41) is 0. The highest BCUT2D eigenvalue weighted by Crippen LogP contribution is 2.32. The number of rotatable bonds is 4. The molecule has 1 aromatic carbocycles. The van der Waals surface area contributed by atoms with Crippen molar-refractivity contribution >= 4 is 11.6 Å². The van der Waals surface area contributed by atoms with Gasteiger partial charge in [-0.3, -0.25) is 4.79 Å². The van der Waals surface area contributed by atoms with Gasteiger partial charge >= 0.3 is 12.1 Å². The molecule has 1 aliphatic rings. The fourth-order valence-corrected chi connectivity index (χ4v) is 3.13. The summed E-state index contributed by atoms with van der Waals surface area (Å²) in [7, 11) is 0. The Morgan fingerprint density at radius 2 is 2.04 bits per heavy atom. The Bertz CT molecular complexity index is 569. The minimum absolute atomic E-state index is 0.0320. The smallest absolute Gasteiger partial charge is 0.327 e. The third kappa shape index (κ3) is 4.47. The number of anilines is 1. The van der Waals surface area contributed by atoms with Crippen molar-refractivity contribution in [1.29, 1.82) is 0 Å². The average Bonchev–Trinajstić information content (AvgIpc) is 2.43. The van der Waals surface area contributed by atoms with E-state index >= 15 is 0 Å². The van der Waals surface area contributed by atoms with E-state index < -0.39 is 12.1 Å². The maximum Gasteiger partial charge on any atom is 0.471 e. The number of carbonyl (C=O) groups is 1. The summed E-state index contributed by atoms with van der Waals surface area (Å²) >= 11 is 0. The number of halogens is 3. The van der Waals surface area contributed by atoms with E-state index in [1.807, 2.05) is 6.07 Å². The summed E-state index contributed by atoms with van der Waals surface area (Å²) in [4.78, 5) is 12.4. The molecule has 1 heterocycles. The minimum Gasteiger partial charge on any atom is -0.327 e. The van der Waals surface area contributed by atoms with Crippen molar-refractivity contribution in [2.75, 3.05) is 11.4 Å². The van der Waals surface area contributed by atoms with Crippen LogP contribution in [0.15, 0.2) is 18.2 Å². The van der Waals surface area contributed by atoms with Gasteiger partial charge in [0.1, 0.15) is 0 Å². The SMILES string of the molecule is CC(C)CC(N)Cc1ccc2c(c1)CCCN2C(=O)C(F)(F)F. The number of amides is 1. The summed E-state index contributed by atoms with van der Waals surface area (Å²) in [6.07, 6.45) is -2.03. The van der Waals surface area contributed by atoms with Crippen LogP contribution in [-0.4, -0.2) is 24.7 Å². The quantitative estimate of drug-likeness (QED) is 0.920. The summed E-state index contributed by atoms with van der Waals surface area (Å²) < 4.78 is 38.1. The highest BCUT2D eigenvalue weighted by Gasteiger charge is 2.43. The van der Waals surface area contributed by atoms with Crippen molar-refractivity contribution < 1.29 is 18.0 Å². The first kappa shape index (κ1) is 17.8. The second-order valence-electron chi connectivity index (χ2n) is 6.61. The van der Waals surface area contributed by atoms with Crippen LogP contribution in [0.3, 0.4) is 0 Å². The molecule has 2 N–H and O–H groups in total. The highest BCUT2D eigenvalue weighted by molar-refractivity contribution is 5.98. The fraction of sp³-hybridized carbons (Fsp3) is 0.588. The van der Waals surface area contributed by atoms with Crippen molar-refractivity contribution in [2.45, 2.75) is 51.7 Å². The van der Waals surface area contributed by atoms with Gasteiger partial charge in [-0.2, -0.15) is 13.2 Å². The largest absolute Gasteiger partial charge is 0.471 e. The standard InChI is InChI=1S/C17H23F3N2O/c1-11(2)8-14(21)10-12-5-6-15-13(9-12)4-3-7-22(15)16(23)17(18,19)20/h5-6,9,11,14H,3-4,7-8,10,21H2,1-2H3. The van der Waals surface area contributed by atoms with Gasteiger partial charge in [-0.25, -0.2) is 0 Å². The van der Waals surface area contributed by atoms with Crippen LogP contribution in [0.4, 0.5) is 18.9 Å². The maximum absolute atomic E-state index is 12.7. The molecule has 0 aliphatic carbocycles. The average molecular weight is 328 g/mol. The number of carbonyl (C=O) groups excluding carboxylic acids is 1. The number of nitrogens with zero attached hydrogens (tertiary/aromatic N) is 1. The first-order valence-electron chi connectivity index (χ1n) is 7.94. The Balaban J connectivity index is 2.18. The Labute approximate surface area is 134 Å². The Kier molecular flexibility index (Phi) is 5.34. The van der Waals surface area contributed by atoms with Crippen molar-refractivity contribution in [3.8, 4) is 0 Å². The van der Waals surface area contributed by atoms with E-state index in [4.69, 9.17) is 5.73 Å². The summed E-state index contributed by atoms with van der Waals surface area (Å²) in [5.41, 5.74) is 8.28. The molecule has 0 saturated heterocycles. The van der Waals surface area contributed by atoms with E-state index in [1.165, 1.54) is 0 Å². The Hall–Kier alpha value is -1.56. The molecule has 0 aromatic heterocycles. The number of nitrogens with two attached hydrogens (primary N) is 1. The van der Waals surface area contributed by atoms with Gasteiger partial charge in [0, 0.05) is 18.3 Å². The van der Waals surface area contributed by atoms with E-state index in [0.717, 1.165) is 22.4 Å². The fourth-order valence-electron chi connectivity index (χ4n) is 3.13. The highest BCUT2D eigenvalue weighted by atomic mass is 19.4. The molecule has 1 unspecified atom stereocenters. The number of aryl methyl sites for hydroxylation is 1. The van der Waals surface area contributed by atoms with Gasteiger partial charge in [-0.05, 0) is 48.8 Å². The third-order valence-electron chi connectivity index (χ3n) is 4.02. The van der Waals surface area contributed by atoms with Crippen molar-refractivity contribution in [3.63, 3.8) is 0 Å². The molecule has 23 heavy (non-hydrogen) atoms. The molecule has 0 spiro atoms. The molecule has 0 bridgehead atoms.